The standard InChI is InChI=1S/C36H22Br2N2OP/c37-30-14-8-18-35(36(30)38)42(41)25-19-20-34-29(22-25)28-13-3-6-17-33(28)40(34)24-10-7-9-23(21-24)39-31-15-4-1-11-26(31)27-12-2-5-16-32(27)39/h1-22H/q+1. The van der Waals surface area contributed by atoms with Crippen molar-refractivity contribution in [2.24, 2.45) is 0 Å². The third-order valence-corrected chi connectivity index (χ3v) is 11.9. The number of aromatic nitrogens is 2. The Hall–Kier alpha value is -4.02. The monoisotopic (exact) mass is 687 g/mol. The molecule has 0 saturated heterocycles. The minimum absolute atomic E-state index is 0.779. The van der Waals surface area contributed by atoms with Crippen molar-refractivity contribution in [2.45, 2.75) is 0 Å². The van der Waals surface area contributed by atoms with Crippen molar-refractivity contribution in [2.75, 3.05) is 0 Å². The minimum atomic E-state index is -1.78. The summed E-state index contributed by atoms with van der Waals surface area (Å²) in [4.78, 5) is 0. The molecule has 0 radical (unpaired) electrons. The van der Waals surface area contributed by atoms with Gasteiger partial charge >= 0.3 is 7.80 Å². The number of nitrogens with zero attached hydrogens (tertiary/aromatic N) is 2. The lowest BCUT2D eigenvalue weighted by atomic mass is 10.1. The molecular weight excluding hydrogens is 667 g/mol. The van der Waals surface area contributed by atoms with Crippen LogP contribution in [0.15, 0.2) is 142 Å². The van der Waals surface area contributed by atoms with E-state index in [0.717, 1.165) is 52.7 Å². The molecule has 42 heavy (non-hydrogen) atoms. The van der Waals surface area contributed by atoms with Crippen molar-refractivity contribution in [3.63, 3.8) is 0 Å². The summed E-state index contributed by atoms with van der Waals surface area (Å²) in [7, 11) is -1.78. The topological polar surface area (TPSA) is 26.9 Å². The smallest absolute Gasteiger partial charge is 0.309 e. The molecule has 200 valence electrons. The fourth-order valence-corrected chi connectivity index (χ4v) is 8.65. The summed E-state index contributed by atoms with van der Waals surface area (Å²) in [6, 6.07) is 46.3. The Morgan fingerprint density at radius 2 is 0.976 bits per heavy atom. The van der Waals surface area contributed by atoms with Crippen molar-refractivity contribution in [1.29, 1.82) is 0 Å². The lowest BCUT2D eigenvalue weighted by Gasteiger charge is -2.12. The summed E-state index contributed by atoms with van der Waals surface area (Å²) in [5.74, 6) is 0. The molecule has 1 atom stereocenters. The maximum Gasteiger partial charge on any atom is 0.416 e. The number of benzene rings is 6. The van der Waals surface area contributed by atoms with Gasteiger partial charge in [0, 0.05) is 43.5 Å². The van der Waals surface area contributed by atoms with E-state index in [4.69, 9.17) is 0 Å². The Labute approximate surface area is 260 Å². The molecule has 2 heterocycles. The van der Waals surface area contributed by atoms with Crippen LogP contribution in [0.25, 0.3) is 55.0 Å². The van der Waals surface area contributed by atoms with Crippen LogP contribution in [0.4, 0.5) is 0 Å². The molecule has 0 bridgehead atoms. The van der Waals surface area contributed by atoms with Gasteiger partial charge in [0.15, 0.2) is 5.30 Å². The quantitative estimate of drug-likeness (QED) is 0.169. The Balaban J connectivity index is 1.33. The van der Waals surface area contributed by atoms with E-state index in [1.807, 2.05) is 24.3 Å². The maximum absolute atomic E-state index is 13.8. The van der Waals surface area contributed by atoms with Crippen molar-refractivity contribution >= 4 is 93.9 Å². The van der Waals surface area contributed by atoms with Gasteiger partial charge < -0.3 is 9.13 Å². The molecule has 3 nitrogen and oxygen atoms in total. The molecule has 0 aliphatic carbocycles. The second kappa shape index (κ2) is 10.1. The highest BCUT2D eigenvalue weighted by Gasteiger charge is 2.28. The van der Waals surface area contributed by atoms with Gasteiger partial charge in [0.1, 0.15) is 0 Å². The van der Waals surface area contributed by atoms with E-state index in [1.165, 1.54) is 21.8 Å². The van der Waals surface area contributed by atoms with Gasteiger partial charge in [-0.2, -0.15) is 0 Å². The molecule has 8 aromatic rings. The predicted molar refractivity (Wildman–Crippen MR) is 184 cm³/mol. The zero-order chi connectivity index (χ0) is 28.4. The van der Waals surface area contributed by atoms with Gasteiger partial charge in [0.05, 0.1) is 26.5 Å². The number of rotatable bonds is 4. The van der Waals surface area contributed by atoms with Crippen LogP contribution >= 0.6 is 39.7 Å². The Bertz CT molecular complexity index is 2320. The Morgan fingerprint density at radius 1 is 0.476 bits per heavy atom. The van der Waals surface area contributed by atoms with Crippen LogP contribution < -0.4 is 10.6 Å². The molecule has 1 unspecified atom stereocenters. The first-order valence-corrected chi connectivity index (χ1v) is 16.5. The first kappa shape index (κ1) is 25.7. The number of fused-ring (bicyclic) bond motifs is 6. The minimum Gasteiger partial charge on any atom is -0.309 e. The molecule has 0 amide bonds. The first-order chi connectivity index (χ1) is 20.6. The average molecular weight is 689 g/mol. The van der Waals surface area contributed by atoms with E-state index in [0.29, 0.717) is 0 Å². The summed E-state index contributed by atoms with van der Waals surface area (Å²) in [6.45, 7) is 0. The number of hydrogen-bond donors (Lipinski definition) is 0. The fraction of sp³-hybridized carbons (Fsp3) is 0. The Kier molecular flexibility index (Phi) is 6.15. The van der Waals surface area contributed by atoms with E-state index in [9.17, 15) is 4.57 Å². The largest absolute Gasteiger partial charge is 0.416 e. The molecule has 0 aliphatic rings. The highest BCUT2D eigenvalue weighted by molar-refractivity contribution is 9.13. The van der Waals surface area contributed by atoms with Crippen LogP contribution in [-0.2, 0) is 4.57 Å². The van der Waals surface area contributed by atoms with E-state index >= 15 is 0 Å². The van der Waals surface area contributed by atoms with Crippen molar-refractivity contribution in [3.05, 3.63) is 142 Å². The fourth-order valence-electron chi connectivity index (χ4n) is 6.13. The van der Waals surface area contributed by atoms with Gasteiger partial charge in [-0.05, 0) is 92.5 Å². The third kappa shape index (κ3) is 3.92. The number of para-hydroxylation sites is 3. The molecule has 2 aromatic heterocycles. The second-order valence-corrected chi connectivity index (χ2v) is 13.5. The lowest BCUT2D eigenvalue weighted by molar-refractivity contribution is 0.598. The van der Waals surface area contributed by atoms with Crippen LogP contribution in [0.3, 0.4) is 0 Å². The van der Waals surface area contributed by atoms with E-state index in [1.54, 1.807) is 0 Å². The lowest BCUT2D eigenvalue weighted by Crippen LogP contribution is -2.08. The van der Waals surface area contributed by atoms with Gasteiger partial charge in [-0.25, -0.2) is 0 Å². The molecule has 6 aromatic carbocycles. The molecule has 0 saturated carbocycles. The van der Waals surface area contributed by atoms with Crippen molar-refractivity contribution in [1.82, 2.24) is 9.13 Å². The first-order valence-electron chi connectivity index (χ1n) is 13.6. The predicted octanol–water partition coefficient (Wildman–Crippen LogP) is 10.2. The van der Waals surface area contributed by atoms with Crippen LogP contribution in [-0.4, -0.2) is 9.13 Å². The Morgan fingerprint density at radius 3 is 1.57 bits per heavy atom. The van der Waals surface area contributed by atoms with Gasteiger partial charge in [-0.1, -0.05) is 71.3 Å². The third-order valence-electron chi connectivity index (χ3n) is 7.97. The summed E-state index contributed by atoms with van der Waals surface area (Å²) >= 11 is 7.17. The molecule has 0 fully saturated rings. The van der Waals surface area contributed by atoms with Crippen LogP contribution in [0.5, 0.6) is 0 Å². The van der Waals surface area contributed by atoms with Crippen LogP contribution in [0, 0.1) is 0 Å². The zero-order valence-corrected chi connectivity index (χ0v) is 26.3. The molecule has 8 rings (SSSR count). The highest BCUT2D eigenvalue weighted by Crippen LogP contribution is 2.37. The highest BCUT2D eigenvalue weighted by atomic mass is 79.9. The van der Waals surface area contributed by atoms with Crippen LogP contribution in [0.1, 0.15) is 0 Å². The van der Waals surface area contributed by atoms with Crippen molar-refractivity contribution < 1.29 is 4.57 Å². The summed E-state index contributed by atoms with van der Waals surface area (Å²) in [5, 5.41) is 6.29. The maximum atomic E-state index is 13.8. The van der Waals surface area contributed by atoms with Crippen LogP contribution in [0.2, 0.25) is 0 Å². The van der Waals surface area contributed by atoms with E-state index in [2.05, 4.69) is 150 Å². The molecular formula is C36H22Br2N2OP+. The van der Waals surface area contributed by atoms with Crippen molar-refractivity contribution in [3.8, 4) is 11.4 Å². The molecule has 0 aliphatic heterocycles. The molecule has 0 N–H and O–H groups in total. The zero-order valence-electron chi connectivity index (χ0n) is 22.2. The SMILES string of the molecule is O=[P+](c1ccc2c(c1)c1ccccc1n2-c1cccc(-n2c3ccccc3c3ccccc32)c1)c1cccc(Br)c1Br. The molecule has 6 heteroatoms. The van der Waals surface area contributed by atoms with Gasteiger partial charge in [0.2, 0.25) is 5.30 Å². The molecule has 0 spiro atoms. The van der Waals surface area contributed by atoms with Gasteiger partial charge in [-0.3, -0.25) is 0 Å². The van der Waals surface area contributed by atoms with Gasteiger partial charge in [0.25, 0.3) is 0 Å². The average Bonchev–Trinajstić information content (AvgIpc) is 3.55. The summed E-state index contributed by atoms with van der Waals surface area (Å²) < 4.78 is 20.1. The number of halogens is 2. The summed E-state index contributed by atoms with van der Waals surface area (Å²) in [6.07, 6.45) is 0. The second-order valence-electron chi connectivity index (χ2n) is 10.3. The normalized spacial score (nSPS) is 12.1. The summed E-state index contributed by atoms with van der Waals surface area (Å²) in [5.41, 5.74) is 6.75. The number of hydrogen-bond acceptors (Lipinski definition) is 1. The van der Waals surface area contributed by atoms with E-state index < -0.39 is 7.80 Å². The van der Waals surface area contributed by atoms with Gasteiger partial charge in [-0.15, -0.1) is 0 Å². The van der Waals surface area contributed by atoms with E-state index in [-0.39, 0.29) is 0 Å².